The predicted octanol–water partition coefficient (Wildman–Crippen LogP) is 1.82. The molecule has 0 aliphatic rings. The van der Waals surface area contributed by atoms with E-state index in [-0.39, 0.29) is 6.10 Å². The van der Waals surface area contributed by atoms with Crippen molar-refractivity contribution in [1.82, 2.24) is 9.78 Å². The number of aromatic nitrogens is 2. The van der Waals surface area contributed by atoms with Crippen molar-refractivity contribution in [2.75, 3.05) is 0 Å². The van der Waals surface area contributed by atoms with E-state index in [1.807, 2.05) is 43.5 Å². The SMILES string of the molecule is CC(ON)c1cnn(-c2ccccc2)c1. The number of nitrogens with zero attached hydrogens (tertiary/aromatic N) is 2. The Morgan fingerprint density at radius 2 is 2.07 bits per heavy atom. The van der Waals surface area contributed by atoms with Crippen molar-refractivity contribution < 1.29 is 4.84 Å². The van der Waals surface area contributed by atoms with E-state index in [4.69, 9.17) is 10.7 Å². The number of benzene rings is 1. The molecule has 2 aromatic rings. The van der Waals surface area contributed by atoms with Crippen molar-refractivity contribution in [1.29, 1.82) is 0 Å². The van der Waals surface area contributed by atoms with Crippen LogP contribution in [0.15, 0.2) is 42.7 Å². The Morgan fingerprint density at radius 3 is 2.73 bits per heavy atom. The lowest BCUT2D eigenvalue weighted by atomic mass is 10.2. The molecule has 15 heavy (non-hydrogen) atoms. The lowest BCUT2D eigenvalue weighted by molar-refractivity contribution is 0.0664. The molecule has 0 bridgehead atoms. The molecular weight excluding hydrogens is 190 g/mol. The van der Waals surface area contributed by atoms with Crippen LogP contribution in [-0.2, 0) is 4.84 Å². The third-order valence-corrected chi connectivity index (χ3v) is 2.30. The van der Waals surface area contributed by atoms with Crippen LogP contribution in [0.2, 0.25) is 0 Å². The zero-order valence-corrected chi connectivity index (χ0v) is 8.50. The first kappa shape index (κ1) is 9.89. The molecule has 0 spiro atoms. The van der Waals surface area contributed by atoms with Crippen LogP contribution in [0.3, 0.4) is 0 Å². The summed E-state index contributed by atoms with van der Waals surface area (Å²) in [4.78, 5) is 4.73. The van der Waals surface area contributed by atoms with Crippen LogP contribution in [0.1, 0.15) is 18.6 Å². The van der Waals surface area contributed by atoms with Crippen molar-refractivity contribution in [2.24, 2.45) is 5.90 Å². The van der Waals surface area contributed by atoms with Gasteiger partial charge in [-0.25, -0.2) is 10.6 Å². The quantitative estimate of drug-likeness (QED) is 0.774. The Bertz CT molecular complexity index is 424. The van der Waals surface area contributed by atoms with Gasteiger partial charge in [-0.1, -0.05) is 18.2 Å². The van der Waals surface area contributed by atoms with Gasteiger partial charge >= 0.3 is 0 Å². The minimum absolute atomic E-state index is 0.137. The summed E-state index contributed by atoms with van der Waals surface area (Å²) in [5.41, 5.74) is 1.98. The molecule has 4 heteroatoms. The largest absolute Gasteiger partial charge is 0.297 e. The second kappa shape index (κ2) is 4.25. The average Bonchev–Trinajstić information content (AvgIpc) is 2.78. The summed E-state index contributed by atoms with van der Waals surface area (Å²) in [7, 11) is 0. The lowest BCUT2D eigenvalue weighted by Gasteiger charge is -2.04. The van der Waals surface area contributed by atoms with E-state index in [9.17, 15) is 0 Å². The van der Waals surface area contributed by atoms with Gasteiger partial charge in [0.05, 0.1) is 11.9 Å². The number of rotatable bonds is 3. The topological polar surface area (TPSA) is 53.1 Å². The van der Waals surface area contributed by atoms with Crippen LogP contribution in [0.5, 0.6) is 0 Å². The van der Waals surface area contributed by atoms with Crippen LogP contribution in [0.4, 0.5) is 0 Å². The Hall–Kier alpha value is -1.65. The van der Waals surface area contributed by atoms with E-state index in [1.165, 1.54) is 0 Å². The molecule has 2 N–H and O–H groups in total. The molecule has 78 valence electrons. The van der Waals surface area contributed by atoms with Crippen molar-refractivity contribution in [3.63, 3.8) is 0 Å². The fourth-order valence-corrected chi connectivity index (χ4v) is 1.35. The minimum atomic E-state index is -0.137. The first-order valence-corrected chi connectivity index (χ1v) is 4.77. The summed E-state index contributed by atoms with van der Waals surface area (Å²) in [6.45, 7) is 1.88. The average molecular weight is 203 g/mol. The van der Waals surface area contributed by atoms with Gasteiger partial charge in [-0.3, -0.25) is 4.84 Å². The van der Waals surface area contributed by atoms with Crippen molar-refractivity contribution in [3.8, 4) is 5.69 Å². The minimum Gasteiger partial charge on any atom is -0.297 e. The zero-order chi connectivity index (χ0) is 10.7. The molecule has 0 radical (unpaired) electrons. The molecule has 0 amide bonds. The molecule has 1 aromatic carbocycles. The molecule has 0 aliphatic heterocycles. The van der Waals surface area contributed by atoms with Gasteiger partial charge in [0, 0.05) is 11.8 Å². The van der Waals surface area contributed by atoms with Crippen molar-refractivity contribution in [3.05, 3.63) is 48.3 Å². The Kier molecular flexibility index (Phi) is 2.80. The number of hydrogen-bond donors (Lipinski definition) is 1. The second-order valence-corrected chi connectivity index (χ2v) is 3.33. The Balaban J connectivity index is 2.28. The van der Waals surface area contributed by atoms with Crippen molar-refractivity contribution in [2.45, 2.75) is 13.0 Å². The van der Waals surface area contributed by atoms with Crippen LogP contribution in [-0.4, -0.2) is 9.78 Å². The van der Waals surface area contributed by atoms with Gasteiger partial charge in [-0.15, -0.1) is 0 Å². The molecule has 1 heterocycles. The highest BCUT2D eigenvalue weighted by atomic mass is 16.6. The first-order valence-electron chi connectivity index (χ1n) is 4.77. The molecular formula is C11H13N3O. The monoisotopic (exact) mass is 203 g/mol. The summed E-state index contributed by atoms with van der Waals surface area (Å²) >= 11 is 0. The molecule has 0 fully saturated rings. The molecule has 1 unspecified atom stereocenters. The van der Waals surface area contributed by atoms with E-state index in [2.05, 4.69) is 5.10 Å². The van der Waals surface area contributed by atoms with Gasteiger partial charge in [0.1, 0.15) is 6.10 Å². The number of para-hydroxylation sites is 1. The van der Waals surface area contributed by atoms with Crippen molar-refractivity contribution >= 4 is 0 Å². The van der Waals surface area contributed by atoms with Crippen LogP contribution in [0.25, 0.3) is 5.69 Å². The second-order valence-electron chi connectivity index (χ2n) is 3.33. The maximum absolute atomic E-state index is 5.11. The summed E-state index contributed by atoms with van der Waals surface area (Å²) < 4.78 is 1.80. The molecule has 1 aromatic heterocycles. The maximum atomic E-state index is 5.11. The van der Waals surface area contributed by atoms with E-state index in [0.29, 0.717) is 0 Å². The Morgan fingerprint density at radius 1 is 1.33 bits per heavy atom. The normalized spacial score (nSPS) is 12.7. The van der Waals surface area contributed by atoms with Gasteiger partial charge in [-0.2, -0.15) is 5.10 Å². The summed E-state index contributed by atoms with van der Waals surface area (Å²) in [5, 5.41) is 4.24. The predicted molar refractivity (Wildman–Crippen MR) is 57.3 cm³/mol. The highest BCUT2D eigenvalue weighted by Crippen LogP contribution is 2.15. The fourth-order valence-electron chi connectivity index (χ4n) is 1.35. The highest BCUT2D eigenvalue weighted by Gasteiger charge is 2.07. The molecule has 4 nitrogen and oxygen atoms in total. The summed E-state index contributed by atoms with van der Waals surface area (Å²) in [6, 6.07) is 9.90. The third-order valence-electron chi connectivity index (χ3n) is 2.30. The summed E-state index contributed by atoms with van der Waals surface area (Å²) in [5.74, 6) is 5.11. The molecule has 1 atom stereocenters. The van der Waals surface area contributed by atoms with Gasteiger partial charge in [0.25, 0.3) is 0 Å². The van der Waals surface area contributed by atoms with Gasteiger partial charge in [0.15, 0.2) is 0 Å². The van der Waals surface area contributed by atoms with Gasteiger partial charge in [-0.05, 0) is 19.1 Å². The third kappa shape index (κ3) is 2.06. The van der Waals surface area contributed by atoms with Crippen LogP contribution in [0, 0.1) is 0 Å². The Labute approximate surface area is 88.2 Å². The maximum Gasteiger partial charge on any atom is 0.104 e. The van der Waals surface area contributed by atoms with Crippen LogP contribution >= 0.6 is 0 Å². The zero-order valence-electron chi connectivity index (χ0n) is 8.50. The smallest absolute Gasteiger partial charge is 0.104 e. The molecule has 2 rings (SSSR count). The van der Waals surface area contributed by atoms with E-state index in [0.717, 1.165) is 11.3 Å². The van der Waals surface area contributed by atoms with E-state index >= 15 is 0 Å². The van der Waals surface area contributed by atoms with Gasteiger partial charge in [0.2, 0.25) is 0 Å². The molecule has 0 aliphatic carbocycles. The summed E-state index contributed by atoms with van der Waals surface area (Å²) in [6.07, 6.45) is 3.53. The van der Waals surface area contributed by atoms with Crippen LogP contribution < -0.4 is 5.90 Å². The van der Waals surface area contributed by atoms with Gasteiger partial charge < -0.3 is 0 Å². The van der Waals surface area contributed by atoms with E-state index in [1.54, 1.807) is 10.9 Å². The number of nitrogens with two attached hydrogens (primary N) is 1. The molecule has 0 saturated heterocycles. The lowest BCUT2D eigenvalue weighted by Crippen LogP contribution is -2.04. The molecule has 0 saturated carbocycles. The standard InChI is InChI=1S/C11H13N3O/c1-9(15-12)10-7-13-14(8-10)11-5-3-2-4-6-11/h2-9H,12H2,1H3. The van der Waals surface area contributed by atoms with E-state index < -0.39 is 0 Å². The highest BCUT2D eigenvalue weighted by molar-refractivity contribution is 5.31. The first-order chi connectivity index (χ1) is 7.31. The number of hydrogen-bond acceptors (Lipinski definition) is 3. The fraction of sp³-hybridized carbons (Fsp3) is 0.182.